The van der Waals surface area contributed by atoms with Crippen molar-refractivity contribution in [3.63, 3.8) is 0 Å². The number of hydrogen-bond donors (Lipinski definition) is 1. The van der Waals surface area contributed by atoms with E-state index in [4.69, 9.17) is 10.5 Å². The molecule has 0 radical (unpaired) electrons. The molecule has 2 N–H and O–H groups in total. The van der Waals surface area contributed by atoms with E-state index in [2.05, 4.69) is 36.4 Å². The van der Waals surface area contributed by atoms with Crippen LogP contribution in [0, 0.1) is 9.49 Å². The van der Waals surface area contributed by atoms with Crippen LogP contribution in [0.1, 0.15) is 27.2 Å². The molecule has 0 bridgehead atoms. The highest BCUT2D eigenvalue weighted by Gasteiger charge is 2.20. The molecule has 90 valence electrons. The molecular weight excluding hydrogens is 313 g/mol. The second-order valence-electron chi connectivity index (χ2n) is 4.99. The molecule has 1 aromatic rings. The minimum Gasteiger partial charge on any atom is -0.492 e. The maximum atomic E-state index is 6.17. The molecular formula is C13H20INO. The fourth-order valence-electron chi connectivity index (χ4n) is 1.77. The van der Waals surface area contributed by atoms with Crippen molar-refractivity contribution in [3.8, 4) is 5.75 Å². The summed E-state index contributed by atoms with van der Waals surface area (Å²) in [7, 11) is 0. The van der Waals surface area contributed by atoms with E-state index >= 15 is 0 Å². The Kier molecular flexibility index (Phi) is 5.05. The van der Waals surface area contributed by atoms with Gasteiger partial charge >= 0.3 is 0 Å². The lowest BCUT2D eigenvalue weighted by Crippen LogP contribution is -2.43. The smallest absolute Gasteiger partial charge is 0.119 e. The SMILES string of the molecule is CC(C)C[C@](C)(N)COc1ccc(I)cc1. The van der Waals surface area contributed by atoms with Crippen LogP contribution in [0.15, 0.2) is 24.3 Å². The fraction of sp³-hybridized carbons (Fsp3) is 0.538. The van der Waals surface area contributed by atoms with Crippen molar-refractivity contribution < 1.29 is 4.74 Å². The van der Waals surface area contributed by atoms with E-state index in [-0.39, 0.29) is 5.54 Å². The average molecular weight is 333 g/mol. The van der Waals surface area contributed by atoms with Crippen molar-refractivity contribution in [1.29, 1.82) is 0 Å². The Labute approximate surface area is 112 Å². The average Bonchev–Trinajstić information content (AvgIpc) is 2.15. The van der Waals surface area contributed by atoms with E-state index in [1.54, 1.807) is 0 Å². The summed E-state index contributed by atoms with van der Waals surface area (Å²) < 4.78 is 6.91. The zero-order valence-corrected chi connectivity index (χ0v) is 12.3. The molecule has 0 aliphatic heterocycles. The van der Waals surface area contributed by atoms with Crippen LogP contribution in [-0.2, 0) is 0 Å². The Morgan fingerprint density at radius 3 is 2.38 bits per heavy atom. The standard InChI is InChI=1S/C13H20INO/c1-10(2)8-13(3,15)9-16-12-6-4-11(14)5-7-12/h4-7,10H,8-9,15H2,1-3H3/t13-/m0/s1. The second-order valence-corrected chi connectivity index (χ2v) is 6.24. The zero-order chi connectivity index (χ0) is 12.2. The summed E-state index contributed by atoms with van der Waals surface area (Å²) in [5, 5.41) is 0. The van der Waals surface area contributed by atoms with Gasteiger partial charge in [0.2, 0.25) is 0 Å². The van der Waals surface area contributed by atoms with Gasteiger partial charge in [-0.15, -0.1) is 0 Å². The Bertz CT molecular complexity index is 319. The predicted octanol–water partition coefficient (Wildman–Crippen LogP) is 3.43. The number of rotatable bonds is 5. The van der Waals surface area contributed by atoms with Gasteiger partial charge in [-0.1, -0.05) is 13.8 Å². The molecule has 1 aromatic carbocycles. The molecule has 0 spiro atoms. The van der Waals surface area contributed by atoms with Gasteiger partial charge in [0.05, 0.1) is 0 Å². The quantitative estimate of drug-likeness (QED) is 0.838. The van der Waals surface area contributed by atoms with Crippen molar-refractivity contribution in [1.82, 2.24) is 0 Å². The number of benzene rings is 1. The maximum Gasteiger partial charge on any atom is 0.119 e. The summed E-state index contributed by atoms with van der Waals surface area (Å²) >= 11 is 2.28. The van der Waals surface area contributed by atoms with Crippen molar-refractivity contribution in [2.45, 2.75) is 32.7 Å². The van der Waals surface area contributed by atoms with Crippen LogP contribution < -0.4 is 10.5 Å². The fourth-order valence-corrected chi connectivity index (χ4v) is 2.13. The molecule has 0 aliphatic carbocycles. The number of hydrogen-bond acceptors (Lipinski definition) is 2. The maximum absolute atomic E-state index is 6.17. The molecule has 0 aromatic heterocycles. The predicted molar refractivity (Wildman–Crippen MR) is 76.7 cm³/mol. The van der Waals surface area contributed by atoms with Crippen molar-refractivity contribution in [2.75, 3.05) is 6.61 Å². The van der Waals surface area contributed by atoms with Crippen LogP contribution in [0.5, 0.6) is 5.75 Å². The summed E-state index contributed by atoms with van der Waals surface area (Å²) in [6.45, 7) is 6.96. The number of nitrogens with two attached hydrogens (primary N) is 1. The molecule has 2 nitrogen and oxygen atoms in total. The highest BCUT2D eigenvalue weighted by molar-refractivity contribution is 14.1. The molecule has 0 saturated heterocycles. The first kappa shape index (κ1) is 13.8. The minimum absolute atomic E-state index is 0.253. The molecule has 1 atom stereocenters. The lowest BCUT2D eigenvalue weighted by atomic mass is 9.93. The molecule has 3 heteroatoms. The molecule has 1 rings (SSSR count). The molecule has 0 fully saturated rings. The van der Waals surface area contributed by atoms with Crippen LogP contribution in [0.25, 0.3) is 0 Å². The molecule has 0 saturated carbocycles. The van der Waals surface area contributed by atoms with E-state index in [1.165, 1.54) is 3.57 Å². The largest absolute Gasteiger partial charge is 0.492 e. The lowest BCUT2D eigenvalue weighted by Gasteiger charge is -2.26. The van der Waals surface area contributed by atoms with Crippen LogP contribution in [0.2, 0.25) is 0 Å². The van der Waals surface area contributed by atoms with Crippen LogP contribution in [-0.4, -0.2) is 12.1 Å². The third-order valence-electron chi connectivity index (χ3n) is 2.26. The topological polar surface area (TPSA) is 35.2 Å². The van der Waals surface area contributed by atoms with E-state index in [0.29, 0.717) is 12.5 Å². The van der Waals surface area contributed by atoms with Crippen molar-refractivity contribution >= 4 is 22.6 Å². The van der Waals surface area contributed by atoms with Crippen LogP contribution >= 0.6 is 22.6 Å². The van der Waals surface area contributed by atoms with Gasteiger partial charge in [0.15, 0.2) is 0 Å². The van der Waals surface area contributed by atoms with E-state index < -0.39 is 0 Å². The van der Waals surface area contributed by atoms with Crippen LogP contribution in [0.4, 0.5) is 0 Å². The zero-order valence-electron chi connectivity index (χ0n) is 10.2. The van der Waals surface area contributed by atoms with Crippen LogP contribution in [0.3, 0.4) is 0 Å². The monoisotopic (exact) mass is 333 g/mol. The summed E-state index contributed by atoms with van der Waals surface area (Å²) in [5.74, 6) is 1.48. The first-order chi connectivity index (χ1) is 7.39. The van der Waals surface area contributed by atoms with E-state index in [1.807, 2.05) is 31.2 Å². The van der Waals surface area contributed by atoms with Gasteiger partial charge in [-0.25, -0.2) is 0 Å². The Morgan fingerprint density at radius 2 is 1.88 bits per heavy atom. The first-order valence-electron chi connectivity index (χ1n) is 5.56. The van der Waals surface area contributed by atoms with Gasteiger partial charge in [0.25, 0.3) is 0 Å². The molecule has 0 heterocycles. The summed E-state index contributed by atoms with van der Waals surface area (Å²) in [6, 6.07) is 8.03. The molecule has 16 heavy (non-hydrogen) atoms. The molecule has 0 aliphatic rings. The summed E-state index contributed by atoms with van der Waals surface area (Å²) in [4.78, 5) is 0. The third kappa shape index (κ3) is 5.16. The van der Waals surface area contributed by atoms with Gasteiger partial charge < -0.3 is 10.5 Å². The summed E-state index contributed by atoms with van der Waals surface area (Å²) in [5.41, 5.74) is 5.92. The van der Waals surface area contributed by atoms with Crippen molar-refractivity contribution in [2.24, 2.45) is 11.7 Å². The Morgan fingerprint density at radius 1 is 1.31 bits per heavy atom. The van der Waals surface area contributed by atoms with E-state index in [9.17, 15) is 0 Å². The molecule has 0 amide bonds. The number of ether oxygens (including phenoxy) is 1. The van der Waals surface area contributed by atoms with Gasteiger partial charge in [-0.05, 0) is 66.1 Å². The normalized spacial score (nSPS) is 14.9. The highest BCUT2D eigenvalue weighted by atomic mass is 127. The third-order valence-corrected chi connectivity index (χ3v) is 2.98. The van der Waals surface area contributed by atoms with Gasteiger partial charge in [0, 0.05) is 9.11 Å². The highest BCUT2D eigenvalue weighted by Crippen LogP contribution is 2.18. The van der Waals surface area contributed by atoms with E-state index in [0.717, 1.165) is 12.2 Å². The Balaban J connectivity index is 2.47. The van der Waals surface area contributed by atoms with Crippen molar-refractivity contribution in [3.05, 3.63) is 27.8 Å². The van der Waals surface area contributed by atoms with Gasteiger partial charge in [-0.2, -0.15) is 0 Å². The second kappa shape index (κ2) is 5.87. The number of halogens is 1. The lowest BCUT2D eigenvalue weighted by molar-refractivity contribution is 0.206. The first-order valence-corrected chi connectivity index (χ1v) is 6.64. The molecule has 0 unspecified atom stereocenters. The minimum atomic E-state index is -0.253. The van der Waals surface area contributed by atoms with Gasteiger partial charge in [-0.3, -0.25) is 0 Å². The van der Waals surface area contributed by atoms with Gasteiger partial charge in [0.1, 0.15) is 12.4 Å². The Hall–Kier alpha value is -0.290. The summed E-state index contributed by atoms with van der Waals surface area (Å²) in [6.07, 6.45) is 0.970.